The Kier molecular flexibility index (Phi) is 3.77. The Bertz CT molecular complexity index is 777. The molecule has 2 aromatic rings. The largest absolute Gasteiger partial charge is 0.355 e. The average Bonchev–Trinajstić information content (AvgIpc) is 3.15. The molecular formula is C19H27N5S. The van der Waals surface area contributed by atoms with Crippen LogP contribution >= 0.6 is 11.3 Å². The molecule has 0 radical (unpaired) electrons. The van der Waals surface area contributed by atoms with Crippen LogP contribution in [0.4, 0.5) is 5.82 Å². The number of nitrogens with one attached hydrogen (secondary N) is 1. The Balaban J connectivity index is 1.31. The summed E-state index contributed by atoms with van der Waals surface area (Å²) in [5, 5.41) is 4.67. The van der Waals surface area contributed by atoms with Crippen molar-refractivity contribution in [2.75, 3.05) is 44.2 Å². The van der Waals surface area contributed by atoms with Gasteiger partial charge in [0.1, 0.15) is 17.0 Å². The van der Waals surface area contributed by atoms with Crippen molar-refractivity contribution in [2.45, 2.75) is 32.7 Å². The molecule has 0 aliphatic carbocycles. The van der Waals surface area contributed by atoms with Crippen LogP contribution in [0.2, 0.25) is 0 Å². The fraction of sp³-hybridized carbons (Fsp3) is 0.684. The van der Waals surface area contributed by atoms with Gasteiger partial charge in [0.05, 0.1) is 5.39 Å². The zero-order chi connectivity index (χ0) is 17.0. The van der Waals surface area contributed by atoms with Crippen molar-refractivity contribution in [1.82, 2.24) is 20.2 Å². The summed E-state index contributed by atoms with van der Waals surface area (Å²) in [6.45, 7) is 11.8. The van der Waals surface area contributed by atoms with E-state index >= 15 is 0 Å². The van der Waals surface area contributed by atoms with Gasteiger partial charge in [0.25, 0.3) is 0 Å². The Morgan fingerprint density at radius 3 is 2.88 bits per heavy atom. The highest BCUT2D eigenvalue weighted by Gasteiger charge is 2.50. The van der Waals surface area contributed by atoms with E-state index in [1.807, 2.05) is 11.3 Å². The topological polar surface area (TPSA) is 44.3 Å². The molecule has 3 fully saturated rings. The molecule has 0 aromatic carbocycles. The number of rotatable bonds is 4. The van der Waals surface area contributed by atoms with Crippen LogP contribution in [0.1, 0.15) is 25.1 Å². The molecule has 0 saturated carbocycles. The first-order chi connectivity index (χ1) is 12.2. The third-order valence-electron chi connectivity index (χ3n) is 6.59. The van der Waals surface area contributed by atoms with E-state index in [0.29, 0.717) is 5.41 Å². The quantitative estimate of drug-likeness (QED) is 0.910. The second-order valence-electron chi connectivity index (χ2n) is 8.22. The lowest BCUT2D eigenvalue weighted by Gasteiger charge is -2.53. The van der Waals surface area contributed by atoms with Crippen molar-refractivity contribution < 1.29 is 0 Å². The lowest BCUT2D eigenvalue weighted by Crippen LogP contribution is -2.64. The van der Waals surface area contributed by atoms with Gasteiger partial charge in [-0.15, -0.1) is 11.3 Å². The number of aryl methyl sites for hydroxylation is 1. The summed E-state index contributed by atoms with van der Waals surface area (Å²) in [6, 6.07) is 3.04. The molecule has 1 spiro atoms. The monoisotopic (exact) mass is 357 g/mol. The molecule has 3 aliphatic heterocycles. The zero-order valence-electron chi connectivity index (χ0n) is 15.2. The first-order valence-electron chi connectivity index (χ1n) is 9.61. The molecule has 0 amide bonds. The Morgan fingerprint density at radius 1 is 1.32 bits per heavy atom. The van der Waals surface area contributed by atoms with Gasteiger partial charge in [-0.25, -0.2) is 9.97 Å². The second-order valence-corrected chi connectivity index (χ2v) is 9.33. The van der Waals surface area contributed by atoms with Gasteiger partial charge < -0.3 is 10.2 Å². The van der Waals surface area contributed by atoms with Gasteiger partial charge in [-0.3, -0.25) is 4.90 Å². The number of anilines is 1. The molecule has 5 nitrogen and oxygen atoms in total. The minimum Gasteiger partial charge on any atom is -0.355 e. The van der Waals surface area contributed by atoms with Gasteiger partial charge in [-0.05, 0) is 31.7 Å². The molecule has 5 rings (SSSR count). The van der Waals surface area contributed by atoms with Crippen LogP contribution in [0, 0.1) is 11.3 Å². The smallest absolute Gasteiger partial charge is 0.140 e. The van der Waals surface area contributed by atoms with E-state index in [1.165, 1.54) is 42.9 Å². The highest BCUT2D eigenvalue weighted by Crippen LogP contribution is 2.44. The number of hydrogen-bond donors (Lipinski definition) is 1. The SMILES string of the molecule is CCc1cc2c(N3CCC4(C3)CN([C@H](C)C3CNC3)C4)ncnc2s1. The number of fused-ring (bicyclic) bond motifs is 1. The maximum Gasteiger partial charge on any atom is 0.140 e. The van der Waals surface area contributed by atoms with Gasteiger partial charge in [0.15, 0.2) is 0 Å². The van der Waals surface area contributed by atoms with Gasteiger partial charge in [0.2, 0.25) is 0 Å². The molecule has 5 heterocycles. The highest BCUT2D eigenvalue weighted by atomic mass is 32.1. The van der Waals surface area contributed by atoms with Crippen LogP contribution < -0.4 is 10.2 Å². The number of nitrogens with zero attached hydrogens (tertiary/aromatic N) is 4. The van der Waals surface area contributed by atoms with E-state index in [1.54, 1.807) is 6.33 Å². The molecule has 6 heteroatoms. The third kappa shape index (κ3) is 2.57. The van der Waals surface area contributed by atoms with Gasteiger partial charge >= 0.3 is 0 Å². The molecule has 3 saturated heterocycles. The molecule has 25 heavy (non-hydrogen) atoms. The Morgan fingerprint density at radius 2 is 2.16 bits per heavy atom. The fourth-order valence-corrected chi connectivity index (χ4v) is 5.68. The molecule has 0 unspecified atom stereocenters. The summed E-state index contributed by atoms with van der Waals surface area (Å²) in [7, 11) is 0. The highest BCUT2D eigenvalue weighted by molar-refractivity contribution is 7.18. The van der Waals surface area contributed by atoms with Crippen LogP contribution in [0.25, 0.3) is 10.2 Å². The van der Waals surface area contributed by atoms with Gasteiger partial charge in [-0.1, -0.05) is 6.92 Å². The fourth-order valence-electron chi connectivity index (χ4n) is 4.75. The van der Waals surface area contributed by atoms with Crippen molar-refractivity contribution in [2.24, 2.45) is 11.3 Å². The normalized spacial score (nSPS) is 24.6. The first-order valence-corrected chi connectivity index (χ1v) is 10.4. The molecule has 134 valence electrons. The summed E-state index contributed by atoms with van der Waals surface area (Å²) in [5.74, 6) is 2.02. The van der Waals surface area contributed by atoms with Crippen LogP contribution in [0.3, 0.4) is 0 Å². The maximum atomic E-state index is 4.66. The lowest BCUT2D eigenvalue weighted by atomic mass is 9.76. The first kappa shape index (κ1) is 16.0. The molecule has 2 aromatic heterocycles. The number of thiophene rings is 1. The predicted molar refractivity (Wildman–Crippen MR) is 103 cm³/mol. The third-order valence-corrected chi connectivity index (χ3v) is 7.78. The van der Waals surface area contributed by atoms with Crippen LogP contribution in [-0.2, 0) is 6.42 Å². The number of likely N-dealkylation sites (tertiary alicyclic amines) is 1. The van der Waals surface area contributed by atoms with Crippen molar-refractivity contribution >= 4 is 27.4 Å². The number of hydrogen-bond acceptors (Lipinski definition) is 6. The summed E-state index contributed by atoms with van der Waals surface area (Å²) in [6.07, 6.45) is 4.13. The average molecular weight is 358 g/mol. The minimum atomic E-state index is 0.492. The summed E-state index contributed by atoms with van der Waals surface area (Å²) >= 11 is 1.81. The molecule has 1 atom stereocenters. The van der Waals surface area contributed by atoms with Crippen LogP contribution in [-0.4, -0.2) is 60.2 Å². The molecule has 1 N–H and O–H groups in total. The summed E-state index contributed by atoms with van der Waals surface area (Å²) < 4.78 is 0. The molecular weight excluding hydrogens is 330 g/mol. The summed E-state index contributed by atoms with van der Waals surface area (Å²) in [4.78, 5) is 16.9. The molecule has 0 bridgehead atoms. The predicted octanol–water partition coefficient (Wildman–Crippen LogP) is 2.37. The van der Waals surface area contributed by atoms with Crippen molar-refractivity contribution in [3.8, 4) is 0 Å². The second kappa shape index (κ2) is 5.89. The Labute approximate surface area is 153 Å². The van der Waals surface area contributed by atoms with E-state index in [2.05, 4.69) is 45.0 Å². The van der Waals surface area contributed by atoms with E-state index in [0.717, 1.165) is 42.1 Å². The van der Waals surface area contributed by atoms with Gasteiger partial charge in [0, 0.05) is 55.6 Å². The maximum absolute atomic E-state index is 4.66. The minimum absolute atomic E-state index is 0.492. The number of aromatic nitrogens is 2. The standard InChI is InChI=1S/C19H27N5S/c1-3-15-6-16-17(21-12-22-18(16)25-15)23-5-4-19(9-23)10-24(11-19)13(2)14-7-20-8-14/h6,12-14,20H,3-5,7-11H2,1-2H3/t13-/m1/s1. The van der Waals surface area contributed by atoms with Crippen molar-refractivity contribution in [3.05, 3.63) is 17.3 Å². The summed E-state index contributed by atoms with van der Waals surface area (Å²) in [5.41, 5.74) is 0.492. The van der Waals surface area contributed by atoms with E-state index in [4.69, 9.17) is 0 Å². The van der Waals surface area contributed by atoms with Crippen LogP contribution in [0.5, 0.6) is 0 Å². The van der Waals surface area contributed by atoms with Crippen LogP contribution in [0.15, 0.2) is 12.4 Å². The zero-order valence-corrected chi connectivity index (χ0v) is 16.0. The van der Waals surface area contributed by atoms with E-state index in [9.17, 15) is 0 Å². The van der Waals surface area contributed by atoms with Crippen molar-refractivity contribution in [3.63, 3.8) is 0 Å². The van der Waals surface area contributed by atoms with Crippen molar-refractivity contribution in [1.29, 1.82) is 0 Å². The van der Waals surface area contributed by atoms with Gasteiger partial charge in [-0.2, -0.15) is 0 Å². The Hall–Kier alpha value is -1.24. The van der Waals surface area contributed by atoms with E-state index < -0.39 is 0 Å². The lowest BCUT2D eigenvalue weighted by molar-refractivity contribution is -0.0364. The molecule has 3 aliphatic rings. The van der Waals surface area contributed by atoms with E-state index in [-0.39, 0.29) is 0 Å².